The molecule has 0 saturated carbocycles. The molecule has 0 bridgehead atoms. The highest BCUT2D eigenvalue weighted by atomic mass is 16.3. The molecule has 0 rings (SSSR count). The molecule has 0 spiro atoms. The van der Waals surface area contributed by atoms with E-state index in [-0.39, 0.29) is 12.5 Å². The van der Waals surface area contributed by atoms with Gasteiger partial charge >= 0.3 is 0 Å². The Bertz CT molecular complexity index is 293. The lowest BCUT2D eigenvalue weighted by atomic mass is 10.0. The third kappa shape index (κ3) is 10.7. The predicted octanol–water partition coefficient (Wildman–Crippen LogP) is 3.86. The highest BCUT2D eigenvalue weighted by molar-refractivity contribution is 5.77. The number of hydrogen-bond donors (Lipinski definition) is 2. The van der Waals surface area contributed by atoms with Crippen LogP contribution in [0.2, 0.25) is 0 Å². The van der Waals surface area contributed by atoms with Crippen LogP contribution in [0.15, 0.2) is 0 Å². The number of amides is 1. The molecule has 23 heavy (non-hydrogen) atoms. The Morgan fingerprint density at radius 2 is 1.48 bits per heavy atom. The molecule has 4 heteroatoms. The van der Waals surface area contributed by atoms with Gasteiger partial charge in [-0.15, -0.1) is 0 Å². The minimum atomic E-state index is -0.495. The van der Waals surface area contributed by atoms with Gasteiger partial charge in [-0.25, -0.2) is 0 Å². The van der Waals surface area contributed by atoms with Gasteiger partial charge in [0.2, 0.25) is 5.91 Å². The van der Waals surface area contributed by atoms with Gasteiger partial charge in [0.05, 0.1) is 12.1 Å². The Morgan fingerprint density at radius 3 is 1.96 bits per heavy atom. The van der Waals surface area contributed by atoms with E-state index < -0.39 is 5.54 Å². The molecule has 0 aliphatic rings. The molecule has 0 heterocycles. The van der Waals surface area contributed by atoms with Crippen LogP contribution in [0, 0.1) is 0 Å². The standard InChI is InChI=1S/C19H40N2O2/c1-4-5-6-7-8-9-10-11-12-14-18(23)21(16-13-15-20)19(2,3)17-22/h22H,4-17,20H2,1-3H3. The number of aliphatic hydroxyl groups is 1. The summed E-state index contributed by atoms with van der Waals surface area (Å²) >= 11 is 0. The zero-order valence-electron chi connectivity index (χ0n) is 15.8. The van der Waals surface area contributed by atoms with Gasteiger partial charge in [0.25, 0.3) is 0 Å². The normalized spacial score (nSPS) is 11.7. The van der Waals surface area contributed by atoms with Crippen LogP contribution in [0.1, 0.15) is 91.4 Å². The lowest BCUT2D eigenvalue weighted by molar-refractivity contribution is -0.138. The molecule has 0 aromatic rings. The Balaban J connectivity index is 3.91. The molecule has 3 N–H and O–H groups in total. The van der Waals surface area contributed by atoms with Crippen LogP contribution in [0.3, 0.4) is 0 Å². The van der Waals surface area contributed by atoms with E-state index in [4.69, 9.17) is 5.73 Å². The molecule has 1 amide bonds. The summed E-state index contributed by atoms with van der Waals surface area (Å²) in [7, 11) is 0. The van der Waals surface area contributed by atoms with Crippen molar-refractivity contribution in [2.45, 2.75) is 96.9 Å². The molecule has 0 atom stereocenters. The fourth-order valence-corrected chi connectivity index (χ4v) is 2.82. The van der Waals surface area contributed by atoms with Crippen LogP contribution in [-0.4, -0.2) is 41.1 Å². The zero-order chi connectivity index (χ0) is 17.6. The maximum absolute atomic E-state index is 12.4. The maximum atomic E-state index is 12.4. The van der Waals surface area contributed by atoms with E-state index in [2.05, 4.69) is 6.92 Å². The fraction of sp³-hybridized carbons (Fsp3) is 0.947. The van der Waals surface area contributed by atoms with E-state index in [9.17, 15) is 9.90 Å². The third-order valence-electron chi connectivity index (χ3n) is 4.50. The second-order valence-corrected chi connectivity index (χ2v) is 7.24. The SMILES string of the molecule is CCCCCCCCCCCC(=O)N(CCCN)C(C)(C)CO. The average Bonchev–Trinajstić information content (AvgIpc) is 2.53. The summed E-state index contributed by atoms with van der Waals surface area (Å²) in [4.78, 5) is 14.2. The summed E-state index contributed by atoms with van der Waals surface area (Å²) in [6.45, 7) is 7.27. The zero-order valence-corrected chi connectivity index (χ0v) is 15.8. The number of nitrogens with two attached hydrogens (primary N) is 1. The van der Waals surface area contributed by atoms with E-state index in [1.807, 2.05) is 18.7 Å². The van der Waals surface area contributed by atoms with Gasteiger partial charge in [0.1, 0.15) is 0 Å². The average molecular weight is 329 g/mol. The monoisotopic (exact) mass is 328 g/mol. The van der Waals surface area contributed by atoms with Crippen LogP contribution >= 0.6 is 0 Å². The first-order chi connectivity index (χ1) is 11.0. The summed E-state index contributed by atoms with van der Waals surface area (Å²) in [5.41, 5.74) is 5.07. The van der Waals surface area contributed by atoms with Crippen molar-refractivity contribution in [2.75, 3.05) is 19.7 Å². The van der Waals surface area contributed by atoms with Crippen LogP contribution < -0.4 is 5.73 Å². The van der Waals surface area contributed by atoms with Gasteiger partial charge < -0.3 is 15.7 Å². The minimum Gasteiger partial charge on any atom is -0.394 e. The highest BCUT2D eigenvalue weighted by Gasteiger charge is 2.29. The van der Waals surface area contributed by atoms with Gasteiger partial charge in [-0.1, -0.05) is 58.3 Å². The quantitative estimate of drug-likeness (QED) is 0.449. The number of unbranched alkanes of at least 4 members (excludes halogenated alkanes) is 8. The first-order valence-corrected chi connectivity index (χ1v) is 9.61. The Morgan fingerprint density at radius 1 is 0.957 bits per heavy atom. The highest BCUT2D eigenvalue weighted by Crippen LogP contribution is 2.17. The predicted molar refractivity (Wildman–Crippen MR) is 98.4 cm³/mol. The first kappa shape index (κ1) is 22.4. The van der Waals surface area contributed by atoms with E-state index in [1.54, 1.807) is 0 Å². The van der Waals surface area contributed by atoms with E-state index >= 15 is 0 Å². The largest absolute Gasteiger partial charge is 0.394 e. The number of hydrogen-bond acceptors (Lipinski definition) is 3. The lowest BCUT2D eigenvalue weighted by Crippen LogP contribution is -2.50. The first-order valence-electron chi connectivity index (χ1n) is 9.61. The van der Waals surface area contributed by atoms with E-state index in [0.717, 1.165) is 19.3 Å². The molecule has 0 fully saturated rings. The van der Waals surface area contributed by atoms with E-state index in [0.29, 0.717) is 19.5 Å². The van der Waals surface area contributed by atoms with Crippen molar-refractivity contribution in [1.29, 1.82) is 0 Å². The van der Waals surface area contributed by atoms with Crippen molar-refractivity contribution in [3.63, 3.8) is 0 Å². The van der Waals surface area contributed by atoms with Crippen LogP contribution in [0.25, 0.3) is 0 Å². The van der Waals surface area contributed by atoms with Crippen molar-refractivity contribution < 1.29 is 9.90 Å². The van der Waals surface area contributed by atoms with Gasteiger partial charge in [-0.3, -0.25) is 4.79 Å². The van der Waals surface area contributed by atoms with Crippen molar-refractivity contribution in [1.82, 2.24) is 4.90 Å². The minimum absolute atomic E-state index is 0.0128. The van der Waals surface area contributed by atoms with Gasteiger partial charge in [0, 0.05) is 13.0 Å². The summed E-state index contributed by atoms with van der Waals surface area (Å²) < 4.78 is 0. The van der Waals surface area contributed by atoms with Crippen molar-refractivity contribution in [3.8, 4) is 0 Å². The summed E-state index contributed by atoms with van der Waals surface area (Å²) in [5.74, 6) is 0.153. The van der Waals surface area contributed by atoms with Crippen LogP contribution in [-0.2, 0) is 4.79 Å². The molecule has 0 saturated heterocycles. The smallest absolute Gasteiger partial charge is 0.223 e. The van der Waals surface area contributed by atoms with Crippen LogP contribution in [0.5, 0.6) is 0 Å². The van der Waals surface area contributed by atoms with Crippen LogP contribution in [0.4, 0.5) is 0 Å². The van der Waals surface area contributed by atoms with Crippen molar-refractivity contribution >= 4 is 5.91 Å². The Hall–Kier alpha value is -0.610. The number of aliphatic hydroxyl groups excluding tert-OH is 1. The fourth-order valence-electron chi connectivity index (χ4n) is 2.82. The molecule has 0 aromatic carbocycles. The van der Waals surface area contributed by atoms with E-state index in [1.165, 1.54) is 44.9 Å². The second-order valence-electron chi connectivity index (χ2n) is 7.24. The molecule has 0 aromatic heterocycles. The van der Waals surface area contributed by atoms with Crippen molar-refractivity contribution in [3.05, 3.63) is 0 Å². The topological polar surface area (TPSA) is 66.6 Å². The van der Waals surface area contributed by atoms with Gasteiger partial charge in [0.15, 0.2) is 0 Å². The molecule has 4 nitrogen and oxygen atoms in total. The molecular weight excluding hydrogens is 288 g/mol. The number of carbonyl (C=O) groups is 1. The van der Waals surface area contributed by atoms with Gasteiger partial charge in [-0.05, 0) is 33.2 Å². The molecule has 0 radical (unpaired) electrons. The summed E-state index contributed by atoms with van der Waals surface area (Å²) in [5, 5.41) is 9.52. The number of carbonyl (C=O) groups excluding carboxylic acids is 1. The molecule has 0 unspecified atom stereocenters. The number of nitrogens with zero attached hydrogens (tertiary/aromatic N) is 1. The Labute approximate surface area is 143 Å². The second kappa shape index (κ2) is 13.8. The molecule has 0 aliphatic heterocycles. The third-order valence-corrected chi connectivity index (χ3v) is 4.50. The Kier molecular flexibility index (Phi) is 13.4. The van der Waals surface area contributed by atoms with Crippen molar-refractivity contribution in [2.24, 2.45) is 5.73 Å². The van der Waals surface area contributed by atoms with Gasteiger partial charge in [-0.2, -0.15) is 0 Å². The number of rotatable bonds is 15. The lowest BCUT2D eigenvalue weighted by Gasteiger charge is -2.37. The molecular formula is C19H40N2O2. The molecule has 0 aliphatic carbocycles. The maximum Gasteiger partial charge on any atom is 0.223 e. The summed E-state index contributed by atoms with van der Waals surface area (Å²) in [6.07, 6.45) is 12.7. The summed E-state index contributed by atoms with van der Waals surface area (Å²) in [6, 6.07) is 0. The molecule has 138 valence electrons.